The molecule has 3 heterocycles. The number of hydrogen-bond acceptors (Lipinski definition) is 6. The van der Waals surface area contributed by atoms with E-state index in [0.717, 1.165) is 67.8 Å². The zero-order chi connectivity index (χ0) is 23.8. The average Bonchev–Trinajstić information content (AvgIpc) is 3.56. The minimum absolute atomic E-state index is 0.442. The van der Waals surface area contributed by atoms with E-state index in [1.807, 2.05) is 60.7 Å². The van der Waals surface area contributed by atoms with Crippen LogP contribution >= 0.6 is 0 Å². The summed E-state index contributed by atoms with van der Waals surface area (Å²) in [5.41, 5.74) is 6.42. The first-order chi connectivity index (χ1) is 17.2. The van der Waals surface area contributed by atoms with Crippen molar-refractivity contribution in [1.29, 1.82) is 0 Å². The quantitative estimate of drug-likeness (QED) is 0.314. The number of aryl methyl sites for hydroxylation is 2. The van der Waals surface area contributed by atoms with Gasteiger partial charge in [-0.1, -0.05) is 61.5 Å². The van der Waals surface area contributed by atoms with Gasteiger partial charge >= 0.3 is 0 Å². The van der Waals surface area contributed by atoms with Gasteiger partial charge in [-0.2, -0.15) is 5.21 Å². The molecule has 0 aliphatic rings. The minimum Gasteiger partial charge on any atom is -0.488 e. The lowest BCUT2D eigenvalue weighted by atomic mass is 9.99. The van der Waals surface area contributed by atoms with Crippen molar-refractivity contribution >= 4 is 21.9 Å². The predicted molar refractivity (Wildman–Crippen MR) is 135 cm³/mol. The monoisotopic (exact) mass is 461 g/mol. The third-order valence-electron chi connectivity index (χ3n) is 6.29. The van der Waals surface area contributed by atoms with E-state index in [9.17, 15) is 0 Å². The topological polar surface area (TPSA) is 89.7 Å². The molecule has 0 spiro atoms. The number of benzene rings is 3. The number of nitrogens with zero attached hydrogens (tertiary/aromatic N) is 4. The van der Waals surface area contributed by atoms with Crippen LogP contribution < -0.4 is 4.74 Å². The molecular weight excluding hydrogens is 438 g/mol. The largest absolute Gasteiger partial charge is 0.488 e. The summed E-state index contributed by atoms with van der Waals surface area (Å²) in [4.78, 5) is 5.10. The van der Waals surface area contributed by atoms with Crippen LogP contribution in [0.2, 0.25) is 0 Å². The molecule has 0 amide bonds. The standard InChI is InChI=1S/C28H23N5O2/c1-3-19-13-14-24(34-16-18-9-5-4-6-10-18)25-21(28-30-32-33-31-28)15-22(29-26(19)25)27-17(2)20-11-7-8-12-23(20)35-27/h4-15H,3,16H2,1-2H3,(H,30,31,32,33). The van der Waals surface area contributed by atoms with E-state index in [-0.39, 0.29) is 0 Å². The SMILES string of the molecule is CCc1ccc(OCc2ccccc2)c2c(-c3nn[nH]n3)cc(-c3oc4ccccc4c3C)nc12. The molecule has 3 aromatic carbocycles. The first kappa shape index (κ1) is 21.0. The van der Waals surface area contributed by atoms with Crippen molar-refractivity contribution in [3.8, 4) is 28.6 Å². The van der Waals surface area contributed by atoms with Gasteiger partial charge in [-0.25, -0.2) is 4.98 Å². The van der Waals surface area contributed by atoms with Gasteiger partial charge in [0.15, 0.2) is 5.76 Å². The van der Waals surface area contributed by atoms with Crippen LogP contribution in [-0.4, -0.2) is 25.6 Å². The molecule has 0 saturated carbocycles. The highest BCUT2D eigenvalue weighted by Gasteiger charge is 2.21. The number of para-hydroxylation sites is 1. The second kappa shape index (κ2) is 8.68. The van der Waals surface area contributed by atoms with Crippen LogP contribution in [0.25, 0.3) is 44.7 Å². The second-order valence-corrected chi connectivity index (χ2v) is 8.42. The summed E-state index contributed by atoms with van der Waals surface area (Å²) in [6.45, 7) is 4.62. The van der Waals surface area contributed by atoms with Crippen LogP contribution in [0.4, 0.5) is 0 Å². The lowest BCUT2D eigenvalue weighted by molar-refractivity contribution is 0.310. The van der Waals surface area contributed by atoms with Crippen molar-refractivity contribution in [3.63, 3.8) is 0 Å². The van der Waals surface area contributed by atoms with Crippen molar-refractivity contribution in [2.45, 2.75) is 26.9 Å². The molecule has 1 N–H and O–H groups in total. The molecule has 0 aliphatic heterocycles. The van der Waals surface area contributed by atoms with Crippen LogP contribution in [0.5, 0.6) is 5.75 Å². The lowest BCUT2D eigenvalue weighted by Gasteiger charge is -2.15. The number of fused-ring (bicyclic) bond motifs is 2. The van der Waals surface area contributed by atoms with Gasteiger partial charge in [0, 0.05) is 16.5 Å². The normalized spacial score (nSPS) is 11.4. The fraction of sp³-hybridized carbons (Fsp3) is 0.143. The number of aromatic nitrogens is 5. The molecule has 0 unspecified atom stereocenters. The molecule has 6 rings (SSSR count). The summed E-state index contributed by atoms with van der Waals surface area (Å²) in [5, 5.41) is 16.9. The summed E-state index contributed by atoms with van der Waals surface area (Å²) in [7, 11) is 0. The maximum absolute atomic E-state index is 6.31. The first-order valence-corrected chi connectivity index (χ1v) is 11.6. The number of aromatic amines is 1. The van der Waals surface area contributed by atoms with Crippen molar-refractivity contribution < 1.29 is 9.15 Å². The molecule has 172 valence electrons. The fourth-order valence-electron chi connectivity index (χ4n) is 4.49. The van der Waals surface area contributed by atoms with Crippen LogP contribution in [0.15, 0.2) is 77.2 Å². The Bertz CT molecular complexity index is 1640. The molecule has 0 radical (unpaired) electrons. The Balaban J connectivity index is 1.58. The second-order valence-electron chi connectivity index (χ2n) is 8.42. The number of pyridine rings is 1. The molecule has 7 nitrogen and oxygen atoms in total. The Labute approximate surface area is 201 Å². The van der Waals surface area contributed by atoms with Crippen molar-refractivity contribution in [2.75, 3.05) is 0 Å². The van der Waals surface area contributed by atoms with Crippen LogP contribution in [0.1, 0.15) is 23.6 Å². The summed E-state index contributed by atoms with van der Waals surface area (Å²) in [5.74, 6) is 1.93. The van der Waals surface area contributed by atoms with Gasteiger partial charge < -0.3 is 9.15 Å². The highest BCUT2D eigenvalue weighted by Crippen LogP contribution is 2.40. The van der Waals surface area contributed by atoms with Gasteiger partial charge in [-0.3, -0.25) is 0 Å². The molecule has 3 aromatic heterocycles. The third-order valence-corrected chi connectivity index (χ3v) is 6.29. The Morgan fingerprint density at radius 3 is 2.57 bits per heavy atom. The number of rotatable bonds is 6. The van der Waals surface area contributed by atoms with E-state index < -0.39 is 0 Å². The minimum atomic E-state index is 0.442. The highest BCUT2D eigenvalue weighted by atomic mass is 16.5. The van der Waals surface area contributed by atoms with Crippen LogP contribution in [-0.2, 0) is 13.0 Å². The summed E-state index contributed by atoms with van der Waals surface area (Å²) >= 11 is 0. The average molecular weight is 462 g/mol. The van der Waals surface area contributed by atoms with Gasteiger partial charge in [0.1, 0.15) is 23.6 Å². The molecular formula is C28H23N5O2. The van der Waals surface area contributed by atoms with Gasteiger partial charge in [-0.15, -0.1) is 10.2 Å². The zero-order valence-electron chi connectivity index (χ0n) is 19.4. The molecule has 0 atom stereocenters. The van der Waals surface area contributed by atoms with E-state index in [4.69, 9.17) is 14.1 Å². The van der Waals surface area contributed by atoms with Crippen LogP contribution in [0.3, 0.4) is 0 Å². The maximum atomic E-state index is 6.31. The molecule has 0 fully saturated rings. The summed E-state index contributed by atoms with van der Waals surface area (Å²) < 4.78 is 12.6. The number of ether oxygens (including phenoxy) is 1. The van der Waals surface area contributed by atoms with E-state index in [0.29, 0.717) is 12.4 Å². The predicted octanol–water partition coefficient (Wildman–Crippen LogP) is 6.28. The maximum Gasteiger partial charge on any atom is 0.205 e. The van der Waals surface area contributed by atoms with E-state index in [1.165, 1.54) is 0 Å². The van der Waals surface area contributed by atoms with Crippen molar-refractivity contribution in [3.05, 3.63) is 89.5 Å². The molecule has 0 saturated heterocycles. The number of H-pyrrole nitrogens is 1. The zero-order valence-corrected chi connectivity index (χ0v) is 19.4. The number of nitrogens with one attached hydrogen (secondary N) is 1. The molecule has 35 heavy (non-hydrogen) atoms. The van der Waals surface area contributed by atoms with Gasteiger partial charge in [0.2, 0.25) is 5.82 Å². The molecule has 0 bridgehead atoms. The number of furan rings is 1. The van der Waals surface area contributed by atoms with Crippen LogP contribution in [0, 0.1) is 6.92 Å². The number of hydrogen-bond donors (Lipinski definition) is 1. The highest BCUT2D eigenvalue weighted by molar-refractivity contribution is 6.01. The Kier molecular flexibility index (Phi) is 5.22. The lowest BCUT2D eigenvalue weighted by Crippen LogP contribution is -2.00. The first-order valence-electron chi connectivity index (χ1n) is 11.6. The fourth-order valence-corrected chi connectivity index (χ4v) is 4.49. The Morgan fingerprint density at radius 2 is 1.80 bits per heavy atom. The van der Waals surface area contributed by atoms with Crippen molar-refractivity contribution in [2.24, 2.45) is 0 Å². The van der Waals surface area contributed by atoms with Gasteiger partial charge in [0.25, 0.3) is 0 Å². The number of tetrazole rings is 1. The Hall–Kier alpha value is -4.52. The van der Waals surface area contributed by atoms with Gasteiger partial charge in [-0.05, 0) is 47.9 Å². The smallest absolute Gasteiger partial charge is 0.205 e. The van der Waals surface area contributed by atoms with Gasteiger partial charge in [0.05, 0.1) is 10.9 Å². The van der Waals surface area contributed by atoms with Crippen molar-refractivity contribution in [1.82, 2.24) is 25.6 Å². The molecule has 6 aromatic rings. The molecule has 7 heteroatoms. The molecule has 0 aliphatic carbocycles. The van der Waals surface area contributed by atoms with E-state index in [2.05, 4.69) is 46.6 Å². The summed E-state index contributed by atoms with van der Waals surface area (Å²) in [6, 6.07) is 24.2. The third kappa shape index (κ3) is 3.71. The summed E-state index contributed by atoms with van der Waals surface area (Å²) in [6.07, 6.45) is 0.816. The van der Waals surface area contributed by atoms with E-state index >= 15 is 0 Å². The van der Waals surface area contributed by atoms with E-state index in [1.54, 1.807) is 0 Å². The Morgan fingerprint density at radius 1 is 0.971 bits per heavy atom.